The van der Waals surface area contributed by atoms with E-state index in [1.54, 1.807) is 6.07 Å². The van der Waals surface area contributed by atoms with E-state index in [-0.39, 0.29) is 10.9 Å². The van der Waals surface area contributed by atoms with E-state index >= 15 is 0 Å². The lowest BCUT2D eigenvalue weighted by molar-refractivity contribution is -0.131. The molecule has 4 nitrogen and oxygen atoms in total. The maximum atomic E-state index is 12.5. The van der Waals surface area contributed by atoms with Crippen molar-refractivity contribution in [3.05, 3.63) is 34.9 Å². The summed E-state index contributed by atoms with van der Waals surface area (Å²) < 4.78 is 5.29. The Bertz CT molecular complexity index is 516. The van der Waals surface area contributed by atoms with Crippen molar-refractivity contribution in [2.45, 2.75) is 19.4 Å². The predicted molar refractivity (Wildman–Crippen MR) is 82.6 cm³/mol. The summed E-state index contributed by atoms with van der Waals surface area (Å²) in [6.07, 6.45) is 1.05. The molecule has 1 amide bonds. The number of carbonyl (C=O) groups excluding carboxylic acids is 1. The molecule has 0 unspecified atom stereocenters. The topological polar surface area (TPSA) is 64.4 Å². The molecular formula is C14H17ClN2O2S. The summed E-state index contributed by atoms with van der Waals surface area (Å²) in [5.74, 6) is -0.145. The second-order valence-corrected chi connectivity index (χ2v) is 5.68. The molecule has 20 heavy (non-hydrogen) atoms. The van der Waals surface area contributed by atoms with Gasteiger partial charge in [-0.2, -0.15) is 0 Å². The van der Waals surface area contributed by atoms with E-state index in [0.717, 1.165) is 5.56 Å². The van der Waals surface area contributed by atoms with Gasteiger partial charge in [0.25, 0.3) is 0 Å². The molecule has 1 aliphatic rings. The van der Waals surface area contributed by atoms with Crippen molar-refractivity contribution in [3.63, 3.8) is 0 Å². The van der Waals surface area contributed by atoms with Crippen LogP contribution in [0.3, 0.4) is 0 Å². The third-order valence-corrected chi connectivity index (χ3v) is 4.41. The SMILES string of the molecule is NC(=S)C1(C(=O)NCc2ccccc2Cl)CCOCC1. The van der Waals surface area contributed by atoms with Crippen molar-refractivity contribution >= 4 is 34.7 Å². The van der Waals surface area contributed by atoms with Crippen LogP contribution in [0.5, 0.6) is 0 Å². The zero-order valence-electron chi connectivity index (χ0n) is 11.0. The van der Waals surface area contributed by atoms with Gasteiger partial charge < -0.3 is 15.8 Å². The average molecular weight is 313 g/mol. The van der Waals surface area contributed by atoms with Gasteiger partial charge in [0.1, 0.15) is 5.41 Å². The molecule has 1 aromatic rings. The van der Waals surface area contributed by atoms with Gasteiger partial charge in [0.05, 0.1) is 4.99 Å². The molecule has 0 radical (unpaired) electrons. The quantitative estimate of drug-likeness (QED) is 0.835. The number of thiocarbonyl (C=S) groups is 1. The number of hydrogen-bond acceptors (Lipinski definition) is 3. The van der Waals surface area contributed by atoms with E-state index in [4.69, 9.17) is 34.3 Å². The highest BCUT2D eigenvalue weighted by Gasteiger charge is 2.42. The molecule has 1 fully saturated rings. The minimum Gasteiger partial charge on any atom is -0.392 e. The Morgan fingerprint density at radius 1 is 1.40 bits per heavy atom. The minimum absolute atomic E-state index is 0.145. The number of ether oxygens (including phenoxy) is 1. The van der Waals surface area contributed by atoms with E-state index in [9.17, 15) is 4.79 Å². The van der Waals surface area contributed by atoms with Crippen molar-refractivity contribution in [1.29, 1.82) is 0 Å². The lowest BCUT2D eigenvalue weighted by Crippen LogP contribution is -2.51. The summed E-state index contributed by atoms with van der Waals surface area (Å²) in [5, 5.41) is 3.51. The largest absolute Gasteiger partial charge is 0.392 e. The van der Waals surface area contributed by atoms with Crippen LogP contribution in [0.15, 0.2) is 24.3 Å². The smallest absolute Gasteiger partial charge is 0.233 e. The van der Waals surface area contributed by atoms with E-state index in [0.29, 0.717) is 37.6 Å². The van der Waals surface area contributed by atoms with Gasteiger partial charge in [-0.15, -0.1) is 0 Å². The maximum absolute atomic E-state index is 12.5. The fourth-order valence-electron chi connectivity index (χ4n) is 2.29. The number of nitrogens with two attached hydrogens (primary N) is 1. The monoisotopic (exact) mass is 312 g/mol. The molecule has 0 saturated carbocycles. The molecule has 6 heteroatoms. The van der Waals surface area contributed by atoms with Crippen LogP contribution < -0.4 is 11.1 Å². The Kier molecular flexibility index (Phi) is 4.96. The molecule has 2 rings (SSSR count). The number of nitrogens with one attached hydrogen (secondary N) is 1. The van der Waals surface area contributed by atoms with E-state index in [2.05, 4.69) is 5.32 Å². The van der Waals surface area contributed by atoms with Gasteiger partial charge in [-0.1, -0.05) is 42.0 Å². The highest BCUT2D eigenvalue weighted by Crippen LogP contribution is 2.31. The molecule has 1 aromatic carbocycles. The Morgan fingerprint density at radius 2 is 2.05 bits per heavy atom. The molecule has 0 spiro atoms. The fraction of sp³-hybridized carbons (Fsp3) is 0.429. The molecular weight excluding hydrogens is 296 g/mol. The highest BCUT2D eigenvalue weighted by molar-refractivity contribution is 7.80. The van der Waals surface area contributed by atoms with Gasteiger partial charge in [-0.25, -0.2) is 0 Å². The Labute approximate surface area is 128 Å². The molecule has 1 heterocycles. The first-order valence-corrected chi connectivity index (χ1v) is 7.24. The second kappa shape index (κ2) is 6.52. The van der Waals surface area contributed by atoms with Crippen LogP contribution >= 0.6 is 23.8 Å². The number of halogens is 1. The van der Waals surface area contributed by atoms with Crippen molar-refractivity contribution in [2.75, 3.05) is 13.2 Å². The maximum Gasteiger partial charge on any atom is 0.233 e. The van der Waals surface area contributed by atoms with Crippen LogP contribution in [-0.2, 0) is 16.1 Å². The van der Waals surface area contributed by atoms with Crippen LogP contribution in [-0.4, -0.2) is 24.1 Å². The summed E-state index contributed by atoms with van der Waals surface area (Å²) in [6.45, 7) is 1.36. The van der Waals surface area contributed by atoms with Crippen LogP contribution in [0.4, 0.5) is 0 Å². The summed E-state index contributed by atoms with van der Waals surface area (Å²) >= 11 is 11.2. The minimum atomic E-state index is -0.797. The number of carbonyl (C=O) groups is 1. The lowest BCUT2D eigenvalue weighted by atomic mass is 9.79. The third kappa shape index (κ3) is 3.11. The van der Waals surface area contributed by atoms with Gasteiger partial charge in [0, 0.05) is 24.8 Å². The summed E-state index contributed by atoms with van der Waals surface area (Å²) in [4.78, 5) is 12.7. The zero-order valence-corrected chi connectivity index (χ0v) is 12.6. The molecule has 0 aliphatic carbocycles. The number of hydrogen-bond donors (Lipinski definition) is 2. The van der Waals surface area contributed by atoms with E-state index < -0.39 is 5.41 Å². The van der Waals surface area contributed by atoms with Gasteiger partial charge in [-0.3, -0.25) is 4.79 Å². The summed E-state index contributed by atoms with van der Waals surface area (Å²) in [7, 11) is 0. The number of benzene rings is 1. The van der Waals surface area contributed by atoms with Crippen molar-refractivity contribution < 1.29 is 9.53 Å². The van der Waals surface area contributed by atoms with Crippen molar-refractivity contribution in [1.82, 2.24) is 5.32 Å². The normalized spacial score (nSPS) is 17.4. The Balaban J connectivity index is 2.06. The predicted octanol–water partition coefficient (Wildman–Crippen LogP) is 2.04. The molecule has 1 saturated heterocycles. The van der Waals surface area contributed by atoms with Gasteiger partial charge in [0.15, 0.2) is 0 Å². The standard InChI is InChI=1S/C14H17ClN2O2S/c15-11-4-2-1-3-10(11)9-17-13(18)14(12(16)20)5-7-19-8-6-14/h1-4H,5-9H2,(H2,16,20)(H,17,18). The van der Waals surface area contributed by atoms with Gasteiger partial charge in [0.2, 0.25) is 5.91 Å². The molecule has 0 bridgehead atoms. The van der Waals surface area contributed by atoms with E-state index in [1.807, 2.05) is 18.2 Å². The van der Waals surface area contributed by atoms with Crippen molar-refractivity contribution in [3.8, 4) is 0 Å². The van der Waals surface area contributed by atoms with Gasteiger partial charge >= 0.3 is 0 Å². The number of rotatable bonds is 4. The molecule has 0 atom stereocenters. The highest BCUT2D eigenvalue weighted by atomic mass is 35.5. The molecule has 108 valence electrons. The first-order chi connectivity index (χ1) is 9.56. The number of amides is 1. The Morgan fingerprint density at radius 3 is 2.65 bits per heavy atom. The first-order valence-electron chi connectivity index (χ1n) is 6.45. The molecule has 0 aromatic heterocycles. The van der Waals surface area contributed by atoms with Crippen LogP contribution in [0, 0.1) is 5.41 Å². The lowest BCUT2D eigenvalue weighted by Gasteiger charge is -2.34. The second-order valence-electron chi connectivity index (χ2n) is 4.83. The fourth-order valence-corrected chi connectivity index (χ4v) is 2.79. The molecule has 3 N–H and O–H groups in total. The summed E-state index contributed by atoms with van der Waals surface area (Å²) in [5.41, 5.74) is 5.86. The molecule has 1 aliphatic heterocycles. The van der Waals surface area contributed by atoms with Crippen LogP contribution in [0.1, 0.15) is 18.4 Å². The Hall–Kier alpha value is -1.17. The van der Waals surface area contributed by atoms with Gasteiger partial charge in [-0.05, 0) is 24.5 Å². The van der Waals surface area contributed by atoms with E-state index in [1.165, 1.54) is 0 Å². The average Bonchev–Trinajstić information content (AvgIpc) is 2.46. The van der Waals surface area contributed by atoms with Crippen LogP contribution in [0.2, 0.25) is 5.02 Å². The zero-order chi connectivity index (χ0) is 14.6. The van der Waals surface area contributed by atoms with Crippen molar-refractivity contribution in [2.24, 2.45) is 11.1 Å². The summed E-state index contributed by atoms with van der Waals surface area (Å²) in [6, 6.07) is 7.40. The first kappa shape index (κ1) is 15.2. The van der Waals surface area contributed by atoms with Crippen LogP contribution in [0.25, 0.3) is 0 Å². The third-order valence-electron chi connectivity index (χ3n) is 3.65.